The number of carbonyl (C=O) groups is 1. The van der Waals surface area contributed by atoms with E-state index in [0.29, 0.717) is 11.7 Å². The van der Waals surface area contributed by atoms with Crippen LogP contribution >= 0.6 is 0 Å². The summed E-state index contributed by atoms with van der Waals surface area (Å²) in [6, 6.07) is 0. The minimum Gasteiger partial charge on any atom is -0.298 e. The van der Waals surface area contributed by atoms with Gasteiger partial charge in [-0.05, 0) is 38.1 Å². The first-order valence-electron chi connectivity index (χ1n) is 7.01. The van der Waals surface area contributed by atoms with Gasteiger partial charge >= 0.3 is 0 Å². The molecular weight excluding hydrogens is 198 g/mol. The van der Waals surface area contributed by atoms with E-state index >= 15 is 0 Å². The minimum atomic E-state index is 0.394. The van der Waals surface area contributed by atoms with Crippen molar-refractivity contribution in [3.8, 4) is 0 Å². The van der Waals surface area contributed by atoms with E-state index in [4.69, 9.17) is 0 Å². The molecule has 16 heavy (non-hydrogen) atoms. The highest BCUT2D eigenvalue weighted by atomic mass is 16.1. The summed E-state index contributed by atoms with van der Waals surface area (Å²) in [5.41, 5.74) is 0. The van der Waals surface area contributed by atoms with Crippen LogP contribution in [0.3, 0.4) is 0 Å². The monoisotopic (exact) mass is 223 g/mol. The number of carbonyl (C=O) groups excluding carboxylic acids is 1. The molecule has 0 radical (unpaired) electrons. The Balaban J connectivity index is 1.77. The summed E-state index contributed by atoms with van der Waals surface area (Å²) in [5, 5.41) is 0. The predicted octanol–water partition coefficient (Wildman–Crippen LogP) is 2.87. The molecule has 0 bridgehead atoms. The van der Waals surface area contributed by atoms with Gasteiger partial charge in [-0.2, -0.15) is 0 Å². The van der Waals surface area contributed by atoms with Crippen LogP contribution in [0, 0.1) is 11.8 Å². The Morgan fingerprint density at radius 1 is 1.12 bits per heavy atom. The number of likely N-dealkylation sites (tertiary alicyclic amines) is 1. The van der Waals surface area contributed by atoms with E-state index < -0.39 is 0 Å². The zero-order valence-electron chi connectivity index (χ0n) is 10.6. The van der Waals surface area contributed by atoms with Crippen molar-refractivity contribution in [2.24, 2.45) is 11.8 Å². The predicted molar refractivity (Wildman–Crippen MR) is 66.4 cm³/mol. The largest absolute Gasteiger partial charge is 0.298 e. The molecule has 1 saturated heterocycles. The quantitative estimate of drug-likeness (QED) is 0.733. The van der Waals surface area contributed by atoms with E-state index in [-0.39, 0.29) is 0 Å². The van der Waals surface area contributed by atoms with Crippen LogP contribution in [0.1, 0.15) is 51.9 Å². The molecule has 0 N–H and O–H groups in total. The van der Waals surface area contributed by atoms with E-state index in [1.165, 1.54) is 32.1 Å². The Hall–Kier alpha value is -0.370. The highest BCUT2D eigenvalue weighted by molar-refractivity contribution is 5.83. The molecule has 2 heteroatoms. The van der Waals surface area contributed by atoms with Crippen molar-refractivity contribution in [1.82, 2.24) is 4.90 Å². The standard InChI is InChI=1S/C14H25NO/c1-12-6-5-9-15(10-12)11-14(16)13-7-3-2-4-8-13/h12-13H,2-11H2,1H3. The molecule has 1 heterocycles. The molecule has 1 atom stereocenters. The molecule has 0 aromatic carbocycles. The maximum absolute atomic E-state index is 12.1. The summed E-state index contributed by atoms with van der Waals surface area (Å²) in [5.74, 6) is 1.70. The molecule has 2 aliphatic rings. The molecule has 1 unspecified atom stereocenters. The van der Waals surface area contributed by atoms with Crippen LogP contribution in [0.2, 0.25) is 0 Å². The summed E-state index contributed by atoms with van der Waals surface area (Å²) >= 11 is 0. The van der Waals surface area contributed by atoms with Gasteiger partial charge in [-0.3, -0.25) is 9.69 Å². The van der Waals surface area contributed by atoms with Crippen molar-refractivity contribution in [2.45, 2.75) is 51.9 Å². The molecule has 1 saturated carbocycles. The van der Waals surface area contributed by atoms with Crippen molar-refractivity contribution in [1.29, 1.82) is 0 Å². The van der Waals surface area contributed by atoms with Crippen LogP contribution in [0.15, 0.2) is 0 Å². The fourth-order valence-corrected chi connectivity index (χ4v) is 3.20. The molecule has 2 fully saturated rings. The third-order valence-corrected chi connectivity index (χ3v) is 4.18. The number of nitrogens with zero attached hydrogens (tertiary/aromatic N) is 1. The second-order valence-electron chi connectivity index (χ2n) is 5.78. The van der Waals surface area contributed by atoms with Crippen LogP contribution in [0.5, 0.6) is 0 Å². The van der Waals surface area contributed by atoms with Gasteiger partial charge in [0, 0.05) is 12.5 Å². The first-order chi connectivity index (χ1) is 7.75. The van der Waals surface area contributed by atoms with E-state index in [0.717, 1.165) is 38.4 Å². The smallest absolute Gasteiger partial charge is 0.149 e. The van der Waals surface area contributed by atoms with Gasteiger partial charge in [-0.25, -0.2) is 0 Å². The van der Waals surface area contributed by atoms with E-state index in [2.05, 4.69) is 11.8 Å². The number of rotatable bonds is 3. The Morgan fingerprint density at radius 2 is 1.88 bits per heavy atom. The van der Waals surface area contributed by atoms with Gasteiger partial charge in [0.1, 0.15) is 5.78 Å². The Morgan fingerprint density at radius 3 is 2.56 bits per heavy atom. The van der Waals surface area contributed by atoms with Crippen molar-refractivity contribution < 1.29 is 4.79 Å². The Bertz CT molecular complexity index is 233. The molecule has 2 rings (SSSR count). The SMILES string of the molecule is CC1CCCN(CC(=O)C2CCCCC2)C1. The molecule has 0 amide bonds. The first-order valence-corrected chi connectivity index (χ1v) is 7.01. The number of hydrogen-bond donors (Lipinski definition) is 0. The summed E-state index contributed by atoms with van der Waals surface area (Å²) < 4.78 is 0. The van der Waals surface area contributed by atoms with E-state index in [1.807, 2.05) is 0 Å². The van der Waals surface area contributed by atoms with Gasteiger partial charge in [-0.1, -0.05) is 26.2 Å². The fourth-order valence-electron chi connectivity index (χ4n) is 3.20. The molecule has 0 aromatic heterocycles. The zero-order chi connectivity index (χ0) is 11.4. The first kappa shape index (κ1) is 12.1. The minimum absolute atomic E-state index is 0.394. The highest BCUT2D eigenvalue weighted by Crippen LogP contribution is 2.25. The maximum atomic E-state index is 12.1. The zero-order valence-corrected chi connectivity index (χ0v) is 10.6. The third kappa shape index (κ3) is 3.31. The highest BCUT2D eigenvalue weighted by Gasteiger charge is 2.24. The molecule has 0 spiro atoms. The lowest BCUT2D eigenvalue weighted by molar-refractivity contribution is -0.125. The van der Waals surface area contributed by atoms with Crippen molar-refractivity contribution in [2.75, 3.05) is 19.6 Å². The number of Topliss-reactive ketones (excluding diaryl/α,β-unsaturated/α-hetero) is 1. The van der Waals surface area contributed by atoms with E-state index in [9.17, 15) is 4.79 Å². The second kappa shape index (κ2) is 5.81. The molecular formula is C14H25NO. The van der Waals surface area contributed by atoms with Crippen molar-refractivity contribution in [3.63, 3.8) is 0 Å². The Kier molecular flexibility index (Phi) is 4.39. The van der Waals surface area contributed by atoms with Gasteiger partial charge in [0.25, 0.3) is 0 Å². The molecule has 1 aliphatic heterocycles. The molecule has 0 aromatic rings. The average Bonchev–Trinajstić information content (AvgIpc) is 2.30. The second-order valence-corrected chi connectivity index (χ2v) is 5.78. The summed E-state index contributed by atoms with van der Waals surface area (Å²) in [4.78, 5) is 14.5. The normalized spacial score (nSPS) is 29.2. The maximum Gasteiger partial charge on any atom is 0.149 e. The number of ketones is 1. The Labute approximate surface area is 99.4 Å². The van der Waals surface area contributed by atoms with Crippen molar-refractivity contribution >= 4 is 5.78 Å². The lowest BCUT2D eigenvalue weighted by atomic mass is 9.86. The van der Waals surface area contributed by atoms with Gasteiger partial charge < -0.3 is 0 Å². The summed E-state index contributed by atoms with van der Waals surface area (Å²) in [6.07, 6.45) is 8.81. The van der Waals surface area contributed by atoms with Crippen LogP contribution in [-0.2, 0) is 4.79 Å². The van der Waals surface area contributed by atoms with Crippen LogP contribution in [0.4, 0.5) is 0 Å². The third-order valence-electron chi connectivity index (χ3n) is 4.18. The topological polar surface area (TPSA) is 20.3 Å². The van der Waals surface area contributed by atoms with Gasteiger partial charge in [0.2, 0.25) is 0 Å². The van der Waals surface area contributed by atoms with Crippen LogP contribution in [0.25, 0.3) is 0 Å². The lowest BCUT2D eigenvalue weighted by Crippen LogP contribution is -2.40. The number of hydrogen-bond acceptors (Lipinski definition) is 2. The van der Waals surface area contributed by atoms with Gasteiger partial charge in [0.15, 0.2) is 0 Å². The van der Waals surface area contributed by atoms with Crippen molar-refractivity contribution in [3.05, 3.63) is 0 Å². The summed E-state index contributed by atoms with van der Waals surface area (Å²) in [7, 11) is 0. The summed E-state index contributed by atoms with van der Waals surface area (Å²) in [6.45, 7) is 5.31. The van der Waals surface area contributed by atoms with Gasteiger partial charge in [0.05, 0.1) is 6.54 Å². The van der Waals surface area contributed by atoms with Crippen LogP contribution in [-0.4, -0.2) is 30.3 Å². The number of piperidine rings is 1. The molecule has 92 valence electrons. The average molecular weight is 223 g/mol. The molecule has 1 aliphatic carbocycles. The molecule has 2 nitrogen and oxygen atoms in total. The van der Waals surface area contributed by atoms with E-state index in [1.54, 1.807) is 0 Å². The van der Waals surface area contributed by atoms with Crippen LogP contribution < -0.4 is 0 Å². The fraction of sp³-hybridized carbons (Fsp3) is 0.929. The lowest BCUT2D eigenvalue weighted by Gasteiger charge is -2.31. The van der Waals surface area contributed by atoms with Gasteiger partial charge in [-0.15, -0.1) is 0 Å².